The zero-order valence-electron chi connectivity index (χ0n) is 14.0. The summed E-state index contributed by atoms with van der Waals surface area (Å²) in [5.41, 5.74) is 2.08. The number of H-pyrrole nitrogens is 1. The molecule has 0 aliphatic rings. The SMILES string of the molecule is CN(C)[C@@H](CNC(=O)c1cc2cc(F)ccc2[nH]1)c1ccccc1Cl. The summed E-state index contributed by atoms with van der Waals surface area (Å²) in [6, 6.07) is 13.6. The largest absolute Gasteiger partial charge is 0.351 e. The van der Waals surface area contributed by atoms with Crippen molar-refractivity contribution in [2.45, 2.75) is 6.04 Å². The van der Waals surface area contributed by atoms with Crippen LogP contribution in [-0.4, -0.2) is 36.4 Å². The number of carbonyl (C=O) groups excluding carboxylic acids is 1. The zero-order valence-corrected chi connectivity index (χ0v) is 14.8. The van der Waals surface area contributed by atoms with Gasteiger partial charge in [-0.2, -0.15) is 0 Å². The van der Waals surface area contributed by atoms with Crippen LogP contribution in [0.5, 0.6) is 0 Å². The molecule has 130 valence electrons. The van der Waals surface area contributed by atoms with Crippen LogP contribution in [0.1, 0.15) is 22.1 Å². The van der Waals surface area contributed by atoms with Crippen LogP contribution in [0, 0.1) is 5.82 Å². The number of nitrogens with one attached hydrogen (secondary N) is 2. The first kappa shape index (κ1) is 17.5. The molecule has 0 fully saturated rings. The summed E-state index contributed by atoms with van der Waals surface area (Å²) >= 11 is 6.28. The lowest BCUT2D eigenvalue weighted by Crippen LogP contribution is -2.34. The molecule has 0 bridgehead atoms. The second-order valence-corrected chi connectivity index (χ2v) is 6.53. The molecule has 1 amide bonds. The van der Waals surface area contributed by atoms with Crippen LogP contribution in [-0.2, 0) is 0 Å². The number of aromatic nitrogens is 1. The van der Waals surface area contributed by atoms with Gasteiger partial charge in [0, 0.05) is 22.5 Å². The molecule has 0 spiro atoms. The summed E-state index contributed by atoms with van der Waals surface area (Å²) in [5, 5.41) is 4.25. The first-order chi connectivity index (χ1) is 12.0. The van der Waals surface area contributed by atoms with Crippen LogP contribution >= 0.6 is 11.6 Å². The van der Waals surface area contributed by atoms with Crippen molar-refractivity contribution in [3.63, 3.8) is 0 Å². The van der Waals surface area contributed by atoms with Gasteiger partial charge in [-0.25, -0.2) is 4.39 Å². The molecule has 0 unspecified atom stereocenters. The summed E-state index contributed by atoms with van der Waals surface area (Å²) in [4.78, 5) is 17.5. The zero-order chi connectivity index (χ0) is 18.0. The van der Waals surface area contributed by atoms with Crippen LogP contribution in [0.15, 0.2) is 48.5 Å². The van der Waals surface area contributed by atoms with Gasteiger partial charge in [0.05, 0.1) is 6.04 Å². The van der Waals surface area contributed by atoms with Gasteiger partial charge in [0.25, 0.3) is 5.91 Å². The van der Waals surface area contributed by atoms with E-state index in [0.717, 1.165) is 11.1 Å². The van der Waals surface area contributed by atoms with E-state index in [1.807, 2.05) is 43.3 Å². The topological polar surface area (TPSA) is 48.1 Å². The number of fused-ring (bicyclic) bond motifs is 1. The maximum Gasteiger partial charge on any atom is 0.267 e. The summed E-state index contributed by atoms with van der Waals surface area (Å²) in [7, 11) is 3.87. The molecule has 3 rings (SSSR count). The normalized spacial score (nSPS) is 12.5. The predicted octanol–water partition coefficient (Wildman–Crippen LogP) is 3.99. The molecular weight excluding hydrogens is 341 g/mol. The second kappa shape index (κ2) is 7.25. The van der Waals surface area contributed by atoms with Gasteiger partial charge >= 0.3 is 0 Å². The van der Waals surface area contributed by atoms with Crippen LogP contribution in [0.4, 0.5) is 4.39 Å². The van der Waals surface area contributed by atoms with Gasteiger partial charge in [-0.15, -0.1) is 0 Å². The number of rotatable bonds is 5. The highest BCUT2D eigenvalue weighted by Crippen LogP contribution is 2.25. The van der Waals surface area contributed by atoms with E-state index in [9.17, 15) is 9.18 Å². The molecule has 1 atom stereocenters. The Kier molecular flexibility index (Phi) is 5.06. The van der Waals surface area contributed by atoms with Crippen LogP contribution < -0.4 is 5.32 Å². The van der Waals surface area contributed by atoms with Crippen molar-refractivity contribution in [1.82, 2.24) is 15.2 Å². The standard InChI is InChI=1S/C19H19ClFN3O/c1-24(2)18(14-5-3-4-6-15(14)20)11-22-19(25)17-10-12-9-13(21)7-8-16(12)23-17/h3-10,18,23H,11H2,1-2H3,(H,22,25)/t18-/m0/s1. The molecule has 4 nitrogen and oxygen atoms in total. The molecule has 0 radical (unpaired) electrons. The number of likely N-dealkylation sites (N-methyl/N-ethyl adjacent to an activating group) is 1. The second-order valence-electron chi connectivity index (χ2n) is 6.13. The third-order valence-electron chi connectivity index (χ3n) is 4.17. The number of halogens is 2. The molecule has 6 heteroatoms. The third-order valence-corrected chi connectivity index (χ3v) is 4.52. The van der Waals surface area contributed by atoms with Crippen LogP contribution in [0.2, 0.25) is 5.02 Å². The number of benzene rings is 2. The van der Waals surface area contributed by atoms with E-state index < -0.39 is 0 Å². The van der Waals surface area contributed by atoms with Crippen LogP contribution in [0.25, 0.3) is 10.9 Å². The maximum atomic E-state index is 13.3. The molecule has 1 aromatic heterocycles. The Morgan fingerprint density at radius 1 is 1.24 bits per heavy atom. The molecule has 2 aromatic carbocycles. The molecule has 1 heterocycles. The Balaban J connectivity index is 1.76. The van der Waals surface area contributed by atoms with E-state index in [1.54, 1.807) is 12.1 Å². The van der Waals surface area contributed by atoms with Crippen molar-refractivity contribution >= 4 is 28.4 Å². The summed E-state index contributed by atoms with van der Waals surface area (Å²) < 4.78 is 13.3. The number of nitrogens with zero attached hydrogens (tertiary/aromatic N) is 1. The molecule has 0 saturated carbocycles. The summed E-state index contributed by atoms with van der Waals surface area (Å²) in [6.45, 7) is 0.402. The van der Waals surface area contributed by atoms with E-state index in [4.69, 9.17) is 11.6 Å². The summed E-state index contributed by atoms with van der Waals surface area (Å²) in [6.07, 6.45) is 0. The Bertz CT molecular complexity index is 907. The minimum Gasteiger partial charge on any atom is -0.351 e. The highest BCUT2D eigenvalue weighted by molar-refractivity contribution is 6.31. The lowest BCUT2D eigenvalue weighted by molar-refractivity contribution is 0.0937. The fraction of sp³-hybridized carbons (Fsp3) is 0.211. The lowest BCUT2D eigenvalue weighted by atomic mass is 10.1. The molecule has 0 aliphatic heterocycles. The van der Waals surface area contributed by atoms with E-state index in [-0.39, 0.29) is 17.8 Å². The van der Waals surface area contributed by atoms with E-state index in [2.05, 4.69) is 10.3 Å². The number of hydrogen-bond acceptors (Lipinski definition) is 2. The molecule has 25 heavy (non-hydrogen) atoms. The van der Waals surface area contributed by atoms with Gasteiger partial charge in [-0.3, -0.25) is 4.79 Å². The van der Waals surface area contributed by atoms with Crippen molar-refractivity contribution in [3.05, 3.63) is 70.6 Å². The quantitative estimate of drug-likeness (QED) is 0.723. The summed E-state index contributed by atoms with van der Waals surface area (Å²) in [5.74, 6) is -0.569. The fourth-order valence-electron chi connectivity index (χ4n) is 2.83. The lowest BCUT2D eigenvalue weighted by Gasteiger charge is -2.25. The van der Waals surface area contributed by atoms with Crippen molar-refractivity contribution in [2.24, 2.45) is 0 Å². The third kappa shape index (κ3) is 3.83. The van der Waals surface area contributed by atoms with Gasteiger partial charge in [-0.05, 0) is 50.0 Å². The highest BCUT2D eigenvalue weighted by Gasteiger charge is 2.19. The smallest absolute Gasteiger partial charge is 0.267 e. The molecular formula is C19H19ClFN3O. The predicted molar refractivity (Wildman–Crippen MR) is 98.5 cm³/mol. The van der Waals surface area contributed by atoms with E-state index >= 15 is 0 Å². The van der Waals surface area contributed by atoms with Crippen molar-refractivity contribution < 1.29 is 9.18 Å². The number of hydrogen-bond donors (Lipinski definition) is 2. The minimum absolute atomic E-state index is 0.0560. The Labute approximate surface area is 150 Å². The number of amides is 1. The van der Waals surface area contributed by atoms with Gasteiger partial charge in [0.15, 0.2) is 0 Å². The van der Waals surface area contributed by atoms with Crippen LogP contribution in [0.3, 0.4) is 0 Å². The van der Waals surface area contributed by atoms with Gasteiger partial charge in [0.2, 0.25) is 0 Å². The number of aromatic amines is 1. The van der Waals surface area contributed by atoms with Gasteiger partial charge in [-0.1, -0.05) is 29.8 Å². The average Bonchev–Trinajstić information content (AvgIpc) is 2.99. The first-order valence-electron chi connectivity index (χ1n) is 7.93. The Morgan fingerprint density at radius 3 is 2.72 bits per heavy atom. The first-order valence-corrected chi connectivity index (χ1v) is 8.31. The van der Waals surface area contributed by atoms with Crippen molar-refractivity contribution in [1.29, 1.82) is 0 Å². The van der Waals surface area contributed by atoms with Gasteiger partial charge in [0.1, 0.15) is 11.5 Å². The minimum atomic E-state index is -0.329. The molecule has 0 aliphatic carbocycles. The monoisotopic (exact) mass is 359 g/mol. The molecule has 3 aromatic rings. The van der Waals surface area contributed by atoms with Crippen molar-refractivity contribution in [3.8, 4) is 0 Å². The van der Waals surface area contributed by atoms with Crippen molar-refractivity contribution in [2.75, 3.05) is 20.6 Å². The molecule has 0 saturated heterocycles. The van der Waals surface area contributed by atoms with E-state index in [1.165, 1.54) is 12.1 Å². The van der Waals surface area contributed by atoms with E-state index in [0.29, 0.717) is 22.6 Å². The Hall–Kier alpha value is -2.37. The average molecular weight is 360 g/mol. The van der Waals surface area contributed by atoms with Gasteiger partial charge < -0.3 is 15.2 Å². The highest BCUT2D eigenvalue weighted by atomic mass is 35.5. The maximum absolute atomic E-state index is 13.3. The Morgan fingerprint density at radius 2 is 2.00 bits per heavy atom. The fourth-order valence-corrected chi connectivity index (χ4v) is 3.09. The number of carbonyl (C=O) groups is 1. The molecule has 2 N–H and O–H groups in total.